The number of hydrogen-bond donors (Lipinski definition) is 1. The number of aromatic nitrogens is 1. The van der Waals surface area contributed by atoms with Crippen molar-refractivity contribution in [3.8, 4) is 11.3 Å². The molecule has 20 heavy (non-hydrogen) atoms. The molecule has 2 N–H and O–H groups in total. The van der Waals surface area contributed by atoms with Gasteiger partial charge in [-0.25, -0.2) is 4.98 Å². The molecule has 0 aliphatic heterocycles. The van der Waals surface area contributed by atoms with E-state index in [1.807, 2.05) is 24.3 Å². The highest BCUT2D eigenvalue weighted by Crippen LogP contribution is 2.27. The van der Waals surface area contributed by atoms with Gasteiger partial charge in [0, 0.05) is 11.6 Å². The number of hydrogen-bond acceptors (Lipinski definition) is 4. The first kappa shape index (κ1) is 14.0. The van der Waals surface area contributed by atoms with Gasteiger partial charge in [0.1, 0.15) is 5.82 Å². The van der Waals surface area contributed by atoms with Crippen LogP contribution in [0.25, 0.3) is 11.3 Å². The summed E-state index contributed by atoms with van der Waals surface area (Å²) >= 11 is 0. The Morgan fingerprint density at radius 2 is 1.75 bits per heavy atom. The first-order valence-electron chi connectivity index (χ1n) is 6.30. The van der Waals surface area contributed by atoms with Gasteiger partial charge in [0.05, 0.1) is 16.7 Å². The van der Waals surface area contributed by atoms with Gasteiger partial charge < -0.3 is 5.73 Å². The van der Waals surface area contributed by atoms with Gasteiger partial charge in [0.15, 0.2) is 0 Å². The average Bonchev–Trinajstić information content (AvgIpc) is 2.37. The summed E-state index contributed by atoms with van der Waals surface area (Å²) in [6.45, 7) is 6.39. The minimum atomic E-state index is -0.467. The molecule has 104 valence electrons. The summed E-state index contributed by atoms with van der Waals surface area (Å²) < 4.78 is 0. The quantitative estimate of drug-likeness (QED) is 0.669. The van der Waals surface area contributed by atoms with Gasteiger partial charge in [-0.15, -0.1) is 0 Å². The highest BCUT2D eigenvalue weighted by atomic mass is 16.6. The molecule has 5 nitrogen and oxygen atoms in total. The fourth-order valence-corrected chi connectivity index (χ4v) is 1.93. The number of anilines is 1. The van der Waals surface area contributed by atoms with Gasteiger partial charge in [-0.1, -0.05) is 45.0 Å². The number of benzene rings is 1. The molecular formula is C15H17N3O2. The van der Waals surface area contributed by atoms with Crippen molar-refractivity contribution >= 4 is 11.5 Å². The Balaban J connectivity index is 2.44. The minimum absolute atomic E-state index is 0.0487. The highest BCUT2D eigenvalue weighted by molar-refractivity contribution is 5.65. The largest absolute Gasteiger partial charge is 0.383 e. The van der Waals surface area contributed by atoms with Crippen molar-refractivity contribution in [2.45, 2.75) is 26.2 Å². The van der Waals surface area contributed by atoms with Crippen LogP contribution in [-0.4, -0.2) is 9.91 Å². The molecule has 0 aliphatic carbocycles. The molecule has 2 rings (SSSR count). The van der Waals surface area contributed by atoms with Crippen molar-refractivity contribution in [2.24, 2.45) is 0 Å². The molecular weight excluding hydrogens is 254 g/mol. The minimum Gasteiger partial charge on any atom is -0.383 e. The Kier molecular flexibility index (Phi) is 3.44. The van der Waals surface area contributed by atoms with Crippen molar-refractivity contribution in [3.63, 3.8) is 0 Å². The summed E-state index contributed by atoms with van der Waals surface area (Å²) in [5.74, 6) is 0.147. The number of pyridine rings is 1. The van der Waals surface area contributed by atoms with Gasteiger partial charge in [0.25, 0.3) is 5.69 Å². The molecule has 0 amide bonds. The zero-order valence-corrected chi connectivity index (χ0v) is 11.8. The Labute approximate surface area is 117 Å². The van der Waals surface area contributed by atoms with Crippen molar-refractivity contribution < 1.29 is 4.92 Å². The van der Waals surface area contributed by atoms with Crippen molar-refractivity contribution in [2.75, 3.05) is 5.73 Å². The lowest BCUT2D eigenvalue weighted by Crippen LogP contribution is -2.10. The fraction of sp³-hybridized carbons (Fsp3) is 0.267. The Hall–Kier alpha value is -2.43. The second kappa shape index (κ2) is 4.92. The SMILES string of the molecule is CC(C)(C)c1ccc(-c2cc([N+](=O)[O-])cc(N)n2)cc1. The van der Waals surface area contributed by atoms with E-state index < -0.39 is 4.92 Å². The third-order valence-electron chi connectivity index (χ3n) is 3.09. The molecule has 0 radical (unpaired) electrons. The molecule has 0 saturated heterocycles. The van der Waals surface area contributed by atoms with E-state index in [2.05, 4.69) is 25.8 Å². The number of nitrogens with two attached hydrogens (primary N) is 1. The number of rotatable bonds is 2. The molecule has 0 unspecified atom stereocenters. The van der Waals surface area contributed by atoms with Gasteiger partial charge >= 0.3 is 0 Å². The lowest BCUT2D eigenvalue weighted by atomic mass is 9.86. The van der Waals surface area contributed by atoms with Crippen LogP contribution in [0, 0.1) is 10.1 Å². The van der Waals surface area contributed by atoms with Crippen molar-refractivity contribution in [1.29, 1.82) is 0 Å². The summed E-state index contributed by atoms with van der Waals surface area (Å²) in [6.07, 6.45) is 0. The number of nitro groups is 1. The third kappa shape index (κ3) is 2.93. The number of nitrogens with zero attached hydrogens (tertiary/aromatic N) is 2. The van der Waals surface area contributed by atoms with Crippen LogP contribution in [0.5, 0.6) is 0 Å². The maximum absolute atomic E-state index is 10.8. The zero-order valence-electron chi connectivity index (χ0n) is 11.8. The zero-order chi connectivity index (χ0) is 14.9. The van der Waals surface area contributed by atoms with Crippen LogP contribution in [0.15, 0.2) is 36.4 Å². The molecule has 0 bridgehead atoms. The molecule has 0 saturated carbocycles. The molecule has 2 aromatic rings. The van der Waals surface area contributed by atoms with E-state index in [1.165, 1.54) is 17.7 Å². The molecule has 1 aromatic heterocycles. The lowest BCUT2D eigenvalue weighted by Gasteiger charge is -2.19. The summed E-state index contributed by atoms with van der Waals surface area (Å²) in [5.41, 5.74) is 8.15. The Morgan fingerprint density at radius 1 is 1.15 bits per heavy atom. The van der Waals surface area contributed by atoms with E-state index in [1.54, 1.807) is 0 Å². The molecule has 0 aliphatic rings. The molecule has 5 heteroatoms. The average molecular weight is 271 g/mol. The van der Waals surface area contributed by atoms with Crippen LogP contribution in [0.4, 0.5) is 11.5 Å². The smallest absolute Gasteiger partial charge is 0.275 e. The molecule has 0 atom stereocenters. The molecule has 0 spiro atoms. The van der Waals surface area contributed by atoms with Crippen LogP contribution in [-0.2, 0) is 5.41 Å². The van der Waals surface area contributed by atoms with Crippen LogP contribution in [0.2, 0.25) is 0 Å². The first-order chi connectivity index (χ1) is 9.27. The lowest BCUT2D eigenvalue weighted by molar-refractivity contribution is -0.384. The van der Waals surface area contributed by atoms with Crippen LogP contribution in [0.1, 0.15) is 26.3 Å². The number of nitrogen functional groups attached to an aromatic ring is 1. The van der Waals surface area contributed by atoms with Crippen LogP contribution >= 0.6 is 0 Å². The monoisotopic (exact) mass is 271 g/mol. The van der Waals surface area contributed by atoms with E-state index in [4.69, 9.17) is 5.73 Å². The van der Waals surface area contributed by atoms with Crippen LogP contribution in [0.3, 0.4) is 0 Å². The maximum Gasteiger partial charge on any atom is 0.275 e. The topological polar surface area (TPSA) is 82.0 Å². The van der Waals surface area contributed by atoms with E-state index in [0.717, 1.165) is 5.56 Å². The van der Waals surface area contributed by atoms with E-state index in [-0.39, 0.29) is 16.9 Å². The summed E-state index contributed by atoms with van der Waals surface area (Å²) in [4.78, 5) is 14.5. The Morgan fingerprint density at radius 3 is 2.25 bits per heavy atom. The predicted octanol–water partition coefficient (Wildman–Crippen LogP) is 3.54. The normalized spacial score (nSPS) is 11.3. The first-order valence-corrected chi connectivity index (χ1v) is 6.30. The summed E-state index contributed by atoms with van der Waals surface area (Å²) in [5, 5.41) is 10.8. The fourth-order valence-electron chi connectivity index (χ4n) is 1.93. The molecule has 0 fully saturated rings. The highest BCUT2D eigenvalue weighted by Gasteiger charge is 2.15. The Bertz CT molecular complexity index is 643. The standard InChI is InChI=1S/C15H17N3O2/c1-15(2,3)11-6-4-10(5-7-11)13-8-12(18(19)20)9-14(16)17-13/h4-9H,1-3H3,(H2,16,17). The molecule has 1 aromatic carbocycles. The summed E-state index contributed by atoms with van der Waals surface area (Å²) in [6, 6.07) is 10.5. The van der Waals surface area contributed by atoms with Crippen LogP contribution < -0.4 is 5.73 Å². The van der Waals surface area contributed by atoms with E-state index >= 15 is 0 Å². The van der Waals surface area contributed by atoms with Gasteiger partial charge in [-0.3, -0.25) is 10.1 Å². The molecule has 1 heterocycles. The predicted molar refractivity (Wildman–Crippen MR) is 79.4 cm³/mol. The van der Waals surface area contributed by atoms with Crippen molar-refractivity contribution in [1.82, 2.24) is 4.98 Å². The van der Waals surface area contributed by atoms with Gasteiger partial charge in [0.2, 0.25) is 0 Å². The van der Waals surface area contributed by atoms with E-state index in [0.29, 0.717) is 5.69 Å². The van der Waals surface area contributed by atoms with Gasteiger partial charge in [-0.05, 0) is 11.0 Å². The summed E-state index contributed by atoms with van der Waals surface area (Å²) in [7, 11) is 0. The van der Waals surface area contributed by atoms with Crippen molar-refractivity contribution in [3.05, 3.63) is 52.1 Å². The maximum atomic E-state index is 10.8. The van der Waals surface area contributed by atoms with E-state index in [9.17, 15) is 10.1 Å². The van der Waals surface area contributed by atoms with Gasteiger partial charge in [-0.2, -0.15) is 0 Å². The third-order valence-corrected chi connectivity index (χ3v) is 3.09. The second-order valence-corrected chi connectivity index (χ2v) is 5.72. The second-order valence-electron chi connectivity index (χ2n) is 5.72.